The zero-order valence-electron chi connectivity index (χ0n) is 13.1. The molecule has 2 heterocycles. The molecule has 5 nitrogen and oxygen atoms in total. The molecule has 0 unspecified atom stereocenters. The standard InChI is InChI=1S/C17H16BrFN2O3/c1-24-17(23)16-13(20-12-6-5-10(18)8-11(12)19)9-15(22)21-7-3-2-4-14(16)21/h5-6,8-9,20H,2-4,7H2,1H3. The summed E-state index contributed by atoms with van der Waals surface area (Å²) in [6.45, 7) is 0.574. The lowest BCUT2D eigenvalue weighted by Gasteiger charge is -2.23. The fraction of sp³-hybridized carbons (Fsp3) is 0.294. The first-order chi connectivity index (χ1) is 11.5. The third-order valence-electron chi connectivity index (χ3n) is 4.05. The van der Waals surface area contributed by atoms with Gasteiger partial charge in [-0.2, -0.15) is 0 Å². The molecule has 0 bridgehead atoms. The SMILES string of the molecule is COC(=O)c1c(Nc2ccc(Br)cc2F)cc(=O)n2c1CCCC2. The van der Waals surface area contributed by atoms with Gasteiger partial charge in [0.15, 0.2) is 0 Å². The molecule has 1 aromatic carbocycles. The van der Waals surface area contributed by atoms with Crippen molar-refractivity contribution in [1.82, 2.24) is 4.57 Å². The van der Waals surface area contributed by atoms with Crippen LogP contribution in [0.15, 0.2) is 33.5 Å². The van der Waals surface area contributed by atoms with E-state index in [2.05, 4.69) is 21.2 Å². The van der Waals surface area contributed by atoms with Gasteiger partial charge in [-0.1, -0.05) is 15.9 Å². The number of anilines is 2. The van der Waals surface area contributed by atoms with Gasteiger partial charge in [0.1, 0.15) is 11.4 Å². The second-order valence-electron chi connectivity index (χ2n) is 5.57. The van der Waals surface area contributed by atoms with Crippen LogP contribution in [-0.4, -0.2) is 17.6 Å². The molecule has 1 aromatic heterocycles. The molecule has 1 aliphatic rings. The maximum atomic E-state index is 14.1. The zero-order valence-corrected chi connectivity index (χ0v) is 14.7. The highest BCUT2D eigenvalue weighted by Crippen LogP contribution is 2.28. The maximum Gasteiger partial charge on any atom is 0.341 e. The smallest absolute Gasteiger partial charge is 0.341 e. The van der Waals surface area contributed by atoms with E-state index in [1.165, 1.54) is 25.3 Å². The van der Waals surface area contributed by atoms with E-state index in [1.54, 1.807) is 10.6 Å². The van der Waals surface area contributed by atoms with Crippen molar-refractivity contribution in [2.45, 2.75) is 25.8 Å². The maximum absolute atomic E-state index is 14.1. The van der Waals surface area contributed by atoms with E-state index in [0.717, 1.165) is 12.8 Å². The number of carbonyl (C=O) groups is 1. The number of rotatable bonds is 3. The highest BCUT2D eigenvalue weighted by atomic mass is 79.9. The number of nitrogens with zero attached hydrogens (tertiary/aromatic N) is 1. The van der Waals surface area contributed by atoms with E-state index in [0.29, 0.717) is 28.7 Å². The second-order valence-corrected chi connectivity index (χ2v) is 6.48. The summed E-state index contributed by atoms with van der Waals surface area (Å²) in [6, 6.07) is 5.85. The number of benzene rings is 1. The summed E-state index contributed by atoms with van der Waals surface area (Å²) in [5, 5.41) is 2.86. The average molecular weight is 395 g/mol. The van der Waals surface area contributed by atoms with Gasteiger partial charge in [-0.05, 0) is 37.5 Å². The van der Waals surface area contributed by atoms with Crippen LogP contribution in [0.2, 0.25) is 0 Å². The van der Waals surface area contributed by atoms with E-state index < -0.39 is 11.8 Å². The van der Waals surface area contributed by atoms with Gasteiger partial charge < -0.3 is 14.6 Å². The molecule has 0 fully saturated rings. The number of hydrogen-bond donors (Lipinski definition) is 1. The Balaban J connectivity index is 2.14. The molecule has 3 rings (SSSR count). The van der Waals surface area contributed by atoms with Crippen molar-refractivity contribution in [3.05, 3.63) is 56.2 Å². The van der Waals surface area contributed by atoms with Crippen LogP contribution in [0.25, 0.3) is 0 Å². The summed E-state index contributed by atoms with van der Waals surface area (Å²) >= 11 is 3.20. The highest BCUT2D eigenvalue weighted by molar-refractivity contribution is 9.10. The minimum absolute atomic E-state index is 0.184. The van der Waals surface area contributed by atoms with Gasteiger partial charge in [-0.15, -0.1) is 0 Å². The largest absolute Gasteiger partial charge is 0.465 e. The number of fused-ring (bicyclic) bond motifs is 1. The molecular formula is C17H16BrFN2O3. The number of ether oxygens (including phenoxy) is 1. The number of esters is 1. The molecule has 7 heteroatoms. The molecular weight excluding hydrogens is 379 g/mol. The molecule has 24 heavy (non-hydrogen) atoms. The van der Waals surface area contributed by atoms with Crippen molar-refractivity contribution < 1.29 is 13.9 Å². The summed E-state index contributed by atoms with van der Waals surface area (Å²) in [5.74, 6) is -1.03. The minimum atomic E-state index is -0.541. The minimum Gasteiger partial charge on any atom is -0.465 e. The number of pyridine rings is 1. The molecule has 0 aliphatic carbocycles. The molecule has 1 aliphatic heterocycles. The Bertz CT molecular complexity index is 864. The van der Waals surface area contributed by atoms with Gasteiger partial charge in [0, 0.05) is 22.8 Å². The third-order valence-corrected chi connectivity index (χ3v) is 4.55. The second kappa shape index (κ2) is 6.76. The molecule has 0 saturated carbocycles. The summed E-state index contributed by atoms with van der Waals surface area (Å²) in [6.07, 6.45) is 2.39. The third kappa shape index (κ3) is 3.08. The predicted octanol–water partition coefficient (Wildman–Crippen LogP) is 3.62. The molecule has 0 amide bonds. The Labute approximate surface area is 146 Å². The van der Waals surface area contributed by atoms with Gasteiger partial charge in [-0.3, -0.25) is 4.79 Å². The Morgan fingerprint density at radius 3 is 2.79 bits per heavy atom. The Morgan fingerprint density at radius 2 is 2.08 bits per heavy atom. The number of carbonyl (C=O) groups excluding carboxylic acids is 1. The van der Waals surface area contributed by atoms with Crippen LogP contribution in [0, 0.1) is 5.82 Å². The molecule has 0 atom stereocenters. The quantitative estimate of drug-likeness (QED) is 0.807. The monoisotopic (exact) mass is 394 g/mol. The van der Waals surface area contributed by atoms with E-state index in [1.807, 2.05) is 0 Å². The molecule has 1 N–H and O–H groups in total. The van der Waals surface area contributed by atoms with Crippen molar-refractivity contribution in [2.24, 2.45) is 0 Å². The van der Waals surface area contributed by atoms with E-state index in [4.69, 9.17) is 4.74 Å². The number of aromatic nitrogens is 1. The van der Waals surface area contributed by atoms with E-state index >= 15 is 0 Å². The van der Waals surface area contributed by atoms with Crippen LogP contribution < -0.4 is 10.9 Å². The lowest BCUT2D eigenvalue weighted by molar-refractivity contribution is 0.0598. The van der Waals surface area contributed by atoms with Crippen molar-refractivity contribution in [3.8, 4) is 0 Å². The first-order valence-electron chi connectivity index (χ1n) is 7.58. The molecule has 0 radical (unpaired) electrons. The Kier molecular flexibility index (Phi) is 4.71. The van der Waals surface area contributed by atoms with Crippen LogP contribution >= 0.6 is 15.9 Å². The van der Waals surface area contributed by atoms with Gasteiger partial charge in [-0.25, -0.2) is 9.18 Å². The van der Waals surface area contributed by atoms with Crippen molar-refractivity contribution in [2.75, 3.05) is 12.4 Å². The number of nitrogens with one attached hydrogen (secondary N) is 1. The molecule has 0 saturated heterocycles. The van der Waals surface area contributed by atoms with Crippen LogP contribution in [0.1, 0.15) is 28.9 Å². The van der Waals surface area contributed by atoms with Gasteiger partial charge in [0.25, 0.3) is 5.56 Å². The summed E-state index contributed by atoms with van der Waals surface area (Å²) in [4.78, 5) is 24.6. The first-order valence-corrected chi connectivity index (χ1v) is 8.37. The van der Waals surface area contributed by atoms with Gasteiger partial charge in [0.05, 0.1) is 18.5 Å². The van der Waals surface area contributed by atoms with Crippen LogP contribution in [0.4, 0.5) is 15.8 Å². The Morgan fingerprint density at radius 1 is 1.29 bits per heavy atom. The van der Waals surface area contributed by atoms with Crippen molar-refractivity contribution in [1.29, 1.82) is 0 Å². The average Bonchev–Trinajstić information content (AvgIpc) is 2.57. The van der Waals surface area contributed by atoms with Crippen molar-refractivity contribution in [3.63, 3.8) is 0 Å². The van der Waals surface area contributed by atoms with Crippen LogP contribution in [0.3, 0.4) is 0 Å². The van der Waals surface area contributed by atoms with Crippen LogP contribution in [0.5, 0.6) is 0 Å². The van der Waals surface area contributed by atoms with Gasteiger partial charge >= 0.3 is 5.97 Å². The fourth-order valence-corrected chi connectivity index (χ4v) is 3.26. The fourth-order valence-electron chi connectivity index (χ4n) is 2.93. The molecule has 0 spiro atoms. The van der Waals surface area contributed by atoms with Crippen molar-refractivity contribution >= 4 is 33.3 Å². The summed E-state index contributed by atoms with van der Waals surface area (Å²) in [7, 11) is 1.29. The topological polar surface area (TPSA) is 60.3 Å². The Hall–Kier alpha value is -2.15. The predicted molar refractivity (Wildman–Crippen MR) is 92.4 cm³/mol. The normalized spacial score (nSPS) is 13.3. The lowest BCUT2D eigenvalue weighted by Crippen LogP contribution is -2.30. The summed E-state index contributed by atoms with van der Waals surface area (Å²) in [5.41, 5.74) is 1.17. The summed E-state index contributed by atoms with van der Waals surface area (Å²) < 4.78 is 21.2. The van der Waals surface area contributed by atoms with E-state index in [9.17, 15) is 14.0 Å². The van der Waals surface area contributed by atoms with Gasteiger partial charge in [0.2, 0.25) is 0 Å². The molecule has 126 valence electrons. The molecule has 2 aromatic rings. The van der Waals surface area contributed by atoms with Crippen LogP contribution in [-0.2, 0) is 17.7 Å². The number of hydrogen-bond acceptors (Lipinski definition) is 4. The van der Waals surface area contributed by atoms with E-state index in [-0.39, 0.29) is 16.9 Å². The first kappa shape index (κ1) is 16.7. The number of halogens is 2. The zero-order chi connectivity index (χ0) is 17.3. The highest BCUT2D eigenvalue weighted by Gasteiger charge is 2.24. The number of methoxy groups -OCH3 is 1. The lowest BCUT2D eigenvalue weighted by atomic mass is 10.0.